The minimum Gasteiger partial charge on any atom is -0.497 e. The summed E-state index contributed by atoms with van der Waals surface area (Å²) in [6, 6.07) is 15.3. The van der Waals surface area contributed by atoms with Crippen molar-refractivity contribution < 1.29 is 19.1 Å². The zero-order valence-corrected chi connectivity index (χ0v) is 15.2. The van der Waals surface area contributed by atoms with Crippen LogP contribution in [-0.4, -0.2) is 37.0 Å². The molecular formula is C22H21NO4. The van der Waals surface area contributed by atoms with Gasteiger partial charge in [0, 0.05) is 18.5 Å². The molecule has 2 aromatic rings. The van der Waals surface area contributed by atoms with Crippen molar-refractivity contribution in [3.63, 3.8) is 0 Å². The summed E-state index contributed by atoms with van der Waals surface area (Å²) >= 11 is 0. The van der Waals surface area contributed by atoms with Gasteiger partial charge in [0.2, 0.25) is 5.91 Å². The van der Waals surface area contributed by atoms with Crippen LogP contribution in [0.1, 0.15) is 40.7 Å². The first kappa shape index (κ1) is 16.4. The van der Waals surface area contributed by atoms with Crippen molar-refractivity contribution in [1.82, 2.24) is 4.90 Å². The molecule has 0 N–H and O–H groups in total. The van der Waals surface area contributed by atoms with Crippen LogP contribution in [0.2, 0.25) is 0 Å². The van der Waals surface area contributed by atoms with Gasteiger partial charge in [-0.2, -0.15) is 0 Å². The van der Waals surface area contributed by atoms with Crippen LogP contribution < -0.4 is 4.74 Å². The van der Waals surface area contributed by atoms with E-state index < -0.39 is 11.0 Å². The fourth-order valence-corrected chi connectivity index (χ4v) is 4.57. The highest BCUT2D eigenvalue weighted by Crippen LogP contribution is 2.52. The van der Waals surface area contributed by atoms with Gasteiger partial charge in [-0.1, -0.05) is 30.3 Å². The summed E-state index contributed by atoms with van der Waals surface area (Å²) < 4.78 is 11.0. The number of hydrogen-bond donors (Lipinski definition) is 0. The van der Waals surface area contributed by atoms with Crippen molar-refractivity contribution in [2.24, 2.45) is 0 Å². The first-order valence-electron chi connectivity index (χ1n) is 9.35. The predicted molar refractivity (Wildman–Crippen MR) is 98.6 cm³/mol. The third kappa shape index (κ3) is 2.30. The molecule has 2 fully saturated rings. The fourth-order valence-electron chi connectivity index (χ4n) is 4.57. The molecule has 5 rings (SSSR count). The van der Waals surface area contributed by atoms with Crippen molar-refractivity contribution in [1.29, 1.82) is 0 Å². The molecule has 1 saturated carbocycles. The first-order valence-corrected chi connectivity index (χ1v) is 9.35. The zero-order valence-electron chi connectivity index (χ0n) is 15.2. The van der Waals surface area contributed by atoms with Gasteiger partial charge in [0.25, 0.3) is 0 Å². The number of carbonyl (C=O) groups is 2. The smallest absolute Gasteiger partial charge is 0.339 e. The Bertz CT molecular complexity index is 932. The lowest BCUT2D eigenvalue weighted by Crippen LogP contribution is -2.40. The molecule has 27 heavy (non-hydrogen) atoms. The lowest BCUT2D eigenvalue weighted by Gasteiger charge is -2.27. The van der Waals surface area contributed by atoms with E-state index in [-0.39, 0.29) is 11.9 Å². The Morgan fingerprint density at radius 2 is 1.81 bits per heavy atom. The van der Waals surface area contributed by atoms with Crippen molar-refractivity contribution in [2.45, 2.75) is 30.3 Å². The van der Waals surface area contributed by atoms with E-state index in [4.69, 9.17) is 9.47 Å². The number of hydrogen-bond acceptors (Lipinski definition) is 4. The number of nitrogens with zero attached hydrogens (tertiary/aromatic N) is 1. The molecule has 1 atom stereocenters. The zero-order chi connectivity index (χ0) is 18.6. The number of amides is 1. The number of ether oxygens (including phenoxy) is 2. The lowest BCUT2D eigenvalue weighted by molar-refractivity contribution is -0.134. The molecule has 0 unspecified atom stereocenters. The molecule has 2 aromatic carbocycles. The number of fused-ring (bicyclic) bond motifs is 2. The van der Waals surface area contributed by atoms with E-state index >= 15 is 0 Å². The van der Waals surface area contributed by atoms with Crippen molar-refractivity contribution in [3.05, 3.63) is 65.2 Å². The predicted octanol–water partition coefficient (Wildman–Crippen LogP) is 3.03. The summed E-state index contributed by atoms with van der Waals surface area (Å²) in [5.74, 6) is 0.651. The third-order valence-corrected chi connectivity index (χ3v) is 6.25. The van der Waals surface area contributed by atoms with Crippen LogP contribution in [0.3, 0.4) is 0 Å². The Kier molecular flexibility index (Phi) is 3.39. The SMILES string of the molecule is COc1ccc(C2(C(=O)N3CC[C@@]4(C3)OC(=O)c3ccccc34)CC2)cc1. The fraction of sp³-hybridized carbons (Fsp3) is 0.364. The summed E-state index contributed by atoms with van der Waals surface area (Å²) in [6.07, 6.45) is 2.37. The Labute approximate surface area is 157 Å². The Morgan fingerprint density at radius 3 is 2.52 bits per heavy atom. The molecule has 1 amide bonds. The molecule has 0 radical (unpaired) electrons. The molecule has 138 valence electrons. The number of carbonyl (C=O) groups excluding carboxylic acids is 2. The second-order valence-corrected chi connectivity index (χ2v) is 7.72. The van der Waals surface area contributed by atoms with E-state index in [1.165, 1.54) is 0 Å². The van der Waals surface area contributed by atoms with Crippen molar-refractivity contribution in [3.8, 4) is 5.75 Å². The summed E-state index contributed by atoms with van der Waals surface area (Å²) in [4.78, 5) is 27.5. The van der Waals surface area contributed by atoms with Crippen LogP contribution in [0.4, 0.5) is 0 Å². The van der Waals surface area contributed by atoms with Crippen LogP contribution in [-0.2, 0) is 20.5 Å². The Balaban J connectivity index is 1.41. The van der Waals surface area contributed by atoms with Gasteiger partial charge in [0.05, 0.1) is 24.6 Å². The third-order valence-electron chi connectivity index (χ3n) is 6.25. The number of benzene rings is 2. The van der Waals surface area contributed by atoms with E-state index in [0.29, 0.717) is 25.1 Å². The maximum atomic E-state index is 13.4. The van der Waals surface area contributed by atoms with Crippen LogP contribution in [0.5, 0.6) is 5.75 Å². The maximum Gasteiger partial charge on any atom is 0.339 e. The van der Waals surface area contributed by atoms with Gasteiger partial charge in [0.15, 0.2) is 5.60 Å². The Hall–Kier alpha value is -2.82. The van der Waals surface area contributed by atoms with Gasteiger partial charge < -0.3 is 14.4 Å². The topological polar surface area (TPSA) is 55.8 Å². The Morgan fingerprint density at radius 1 is 1.07 bits per heavy atom. The molecule has 5 heteroatoms. The van der Waals surface area contributed by atoms with Gasteiger partial charge in [-0.15, -0.1) is 0 Å². The van der Waals surface area contributed by atoms with Gasteiger partial charge in [0.1, 0.15) is 5.75 Å². The normalized spacial score (nSPS) is 24.6. The lowest BCUT2D eigenvalue weighted by atomic mass is 9.91. The van der Waals surface area contributed by atoms with Crippen LogP contribution in [0.25, 0.3) is 0 Å². The molecule has 1 spiro atoms. The largest absolute Gasteiger partial charge is 0.497 e. The minimum absolute atomic E-state index is 0.143. The second-order valence-electron chi connectivity index (χ2n) is 7.72. The quantitative estimate of drug-likeness (QED) is 0.787. The van der Waals surface area contributed by atoms with Crippen LogP contribution >= 0.6 is 0 Å². The van der Waals surface area contributed by atoms with Gasteiger partial charge in [-0.3, -0.25) is 4.79 Å². The van der Waals surface area contributed by atoms with Gasteiger partial charge >= 0.3 is 5.97 Å². The average Bonchev–Trinajstić information content (AvgIpc) is 3.34. The van der Waals surface area contributed by atoms with E-state index in [9.17, 15) is 9.59 Å². The average molecular weight is 363 g/mol. The van der Waals surface area contributed by atoms with Gasteiger partial charge in [-0.25, -0.2) is 4.79 Å². The molecule has 3 aliphatic rings. The van der Waals surface area contributed by atoms with E-state index in [1.807, 2.05) is 47.4 Å². The number of methoxy groups -OCH3 is 1. The number of esters is 1. The summed E-state index contributed by atoms with van der Waals surface area (Å²) in [6.45, 7) is 1.05. The molecule has 2 heterocycles. The highest BCUT2D eigenvalue weighted by molar-refractivity contribution is 5.96. The molecular weight excluding hydrogens is 342 g/mol. The molecule has 1 aliphatic carbocycles. The standard InChI is InChI=1S/C22H21NO4/c1-26-16-8-6-15(7-9-16)21(10-11-21)20(25)23-13-12-22(14-23)18-5-3-2-4-17(18)19(24)27-22/h2-9H,10-14H2,1H3/t22-/m0/s1. The molecule has 0 aromatic heterocycles. The highest BCUT2D eigenvalue weighted by atomic mass is 16.6. The van der Waals surface area contributed by atoms with E-state index in [0.717, 1.165) is 29.7 Å². The molecule has 0 bridgehead atoms. The van der Waals surface area contributed by atoms with Crippen molar-refractivity contribution >= 4 is 11.9 Å². The monoisotopic (exact) mass is 363 g/mol. The summed E-state index contributed by atoms with van der Waals surface area (Å²) in [5.41, 5.74) is 1.47. The maximum absolute atomic E-state index is 13.4. The summed E-state index contributed by atoms with van der Waals surface area (Å²) in [7, 11) is 1.64. The van der Waals surface area contributed by atoms with Crippen LogP contribution in [0.15, 0.2) is 48.5 Å². The molecule has 1 saturated heterocycles. The molecule has 5 nitrogen and oxygen atoms in total. The number of likely N-dealkylation sites (tertiary alicyclic amines) is 1. The second kappa shape index (κ2) is 5.59. The first-order chi connectivity index (χ1) is 13.1. The highest BCUT2D eigenvalue weighted by Gasteiger charge is 2.57. The van der Waals surface area contributed by atoms with Crippen LogP contribution in [0, 0.1) is 0 Å². The molecule has 2 aliphatic heterocycles. The summed E-state index contributed by atoms with van der Waals surface area (Å²) in [5, 5.41) is 0. The van der Waals surface area contributed by atoms with E-state index in [1.54, 1.807) is 13.2 Å². The van der Waals surface area contributed by atoms with Crippen molar-refractivity contribution in [2.75, 3.05) is 20.2 Å². The van der Waals surface area contributed by atoms with E-state index in [2.05, 4.69) is 0 Å². The van der Waals surface area contributed by atoms with Gasteiger partial charge in [-0.05, 0) is 36.6 Å². The number of rotatable bonds is 3. The minimum atomic E-state index is -0.681.